The number of nitrogens with zero attached hydrogens (tertiary/aromatic N) is 3. The number of aryl methyl sites for hydroxylation is 2. The SMILES string of the molecule is CCn1cc(-c2cc(C(=O)Nc3cc(Cl)ccc3C)c3ccccc3n2)cn1. The Labute approximate surface area is 168 Å². The van der Waals surface area contributed by atoms with E-state index in [9.17, 15) is 4.79 Å². The Morgan fingerprint density at radius 2 is 2.00 bits per heavy atom. The molecule has 4 rings (SSSR count). The summed E-state index contributed by atoms with van der Waals surface area (Å²) in [4.78, 5) is 17.9. The van der Waals surface area contributed by atoms with Crippen molar-refractivity contribution < 1.29 is 4.79 Å². The number of benzene rings is 2. The predicted molar refractivity (Wildman–Crippen MR) is 113 cm³/mol. The Hall–Kier alpha value is -3.18. The Bertz CT molecular complexity index is 1180. The number of rotatable bonds is 4. The summed E-state index contributed by atoms with van der Waals surface area (Å²) in [5.74, 6) is -0.201. The minimum absolute atomic E-state index is 0.201. The van der Waals surface area contributed by atoms with Crippen LogP contribution in [0.2, 0.25) is 5.02 Å². The van der Waals surface area contributed by atoms with Crippen LogP contribution < -0.4 is 5.32 Å². The van der Waals surface area contributed by atoms with Crippen LogP contribution in [0.15, 0.2) is 60.9 Å². The first-order valence-electron chi connectivity index (χ1n) is 9.05. The lowest BCUT2D eigenvalue weighted by atomic mass is 10.0. The molecule has 0 atom stereocenters. The van der Waals surface area contributed by atoms with Crippen molar-refractivity contribution in [1.82, 2.24) is 14.8 Å². The highest BCUT2D eigenvalue weighted by molar-refractivity contribution is 6.31. The topological polar surface area (TPSA) is 59.8 Å². The van der Waals surface area contributed by atoms with Gasteiger partial charge >= 0.3 is 0 Å². The first-order valence-corrected chi connectivity index (χ1v) is 9.43. The number of carbonyl (C=O) groups excluding carboxylic acids is 1. The number of nitrogens with one attached hydrogen (secondary N) is 1. The van der Waals surface area contributed by atoms with E-state index in [1.54, 1.807) is 18.3 Å². The number of fused-ring (bicyclic) bond motifs is 1. The third kappa shape index (κ3) is 3.49. The Balaban J connectivity index is 1.80. The Morgan fingerprint density at radius 1 is 1.18 bits per heavy atom. The van der Waals surface area contributed by atoms with E-state index < -0.39 is 0 Å². The van der Waals surface area contributed by atoms with E-state index in [2.05, 4.69) is 10.4 Å². The maximum Gasteiger partial charge on any atom is 0.256 e. The second-order valence-corrected chi connectivity index (χ2v) is 7.01. The summed E-state index contributed by atoms with van der Waals surface area (Å²) in [6.45, 7) is 4.73. The van der Waals surface area contributed by atoms with Gasteiger partial charge in [-0.05, 0) is 43.7 Å². The summed E-state index contributed by atoms with van der Waals surface area (Å²) in [6, 6.07) is 14.9. The van der Waals surface area contributed by atoms with Crippen LogP contribution in [0, 0.1) is 6.92 Å². The van der Waals surface area contributed by atoms with Gasteiger partial charge in [-0.15, -0.1) is 0 Å². The molecule has 0 aliphatic heterocycles. The number of pyridine rings is 1. The van der Waals surface area contributed by atoms with Gasteiger partial charge in [-0.2, -0.15) is 5.10 Å². The van der Waals surface area contributed by atoms with Crippen molar-refractivity contribution in [2.24, 2.45) is 0 Å². The van der Waals surface area contributed by atoms with Gasteiger partial charge in [0.15, 0.2) is 0 Å². The lowest BCUT2D eigenvalue weighted by Gasteiger charge is -2.12. The van der Waals surface area contributed by atoms with Crippen LogP contribution in [0.25, 0.3) is 22.2 Å². The molecule has 0 spiro atoms. The number of carbonyl (C=O) groups is 1. The predicted octanol–water partition coefficient (Wildman–Crippen LogP) is 5.33. The van der Waals surface area contributed by atoms with Crippen molar-refractivity contribution in [3.8, 4) is 11.3 Å². The summed E-state index contributed by atoms with van der Waals surface area (Å²) in [6.07, 6.45) is 3.70. The van der Waals surface area contributed by atoms with Gasteiger partial charge in [-0.25, -0.2) is 4.98 Å². The molecule has 0 fully saturated rings. The van der Waals surface area contributed by atoms with E-state index in [-0.39, 0.29) is 5.91 Å². The molecule has 0 radical (unpaired) electrons. The molecule has 140 valence electrons. The van der Waals surface area contributed by atoms with E-state index in [0.29, 0.717) is 22.0 Å². The third-order valence-corrected chi connectivity index (χ3v) is 4.90. The molecule has 2 aromatic carbocycles. The third-order valence-electron chi connectivity index (χ3n) is 4.66. The standard InChI is InChI=1S/C22H19ClN4O/c1-3-27-13-15(12-24-27)21-11-18(17-6-4-5-7-19(17)25-21)22(28)26-20-10-16(23)9-8-14(20)2/h4-13H,3H2,1-2H3,(H,26,28). The lowest BCUT2D eigenvalue weighted by molar-refractivity contribution is 0.102. The fourth-order valence-electron chi connectivity index (χ4n) is 3.10. The minimum atomic E-state index is -0.201. The van der Waals surface area contributed by atoms with Crippen LogP contribution in [0.5, 0.6) is 0 Å². The van der Waals surface area contributed by atoms with Crippen molar-refractivity contribution in [2.75, 3.05) is 5.32 Å². The van der Waals surface area contributed by atoms with Gasteiger partial charge in [-0.3, -0.25) is 9.48 Å². The molecule has 28 heavy (non-hydrogen) atoms. The van der Waals surface area contributed by atoms with Gasteiger partial charge in [0.25, 0.3) is 5.91 Å². The second-order valence-electron chi connectivity index (χ2n) is 6.57. The van der Waals surface area contributed by atoms with E-state index in [1.165, 1.54) is 0 Å². The first kappa shape index (κ1) is 18.2. The summed E-state index contributed by atoms with van der Waals surface area (Å²) in [5, 5.41) is 8.67. The summed E-state index contributed by atoms with van der Waals surface area (Å²) >= 11 is 6.09. The van der Waals surface area contributed by atoms with Crippen molar-refractivity contribution in [3.63, 3.8) is 0 Å². The molecule has 0 aliphatic carbocycles. The quantitative estimate of drug-likeness (QED) is 0.512. The fourth-order valence-corrected chi connectivity index (χ4v) is 3.27. The molecular formula is C22H19ClN4O. The average molecular weight is 391 g/mol. The molecule has 5 nitrogen and oxygen atoms in total. The number of amides is 1. The van der Waals surface area contributed by atoms with E-state index >= 15 is 0 Å². The zero-order chi connectivity index (χ0) is 19.7. The monoisotopic (exact) mass is 390 g/mol. The van der Waals surface area contributed by atoms with E-state index in [1.807, 2.05) is 61.1 Å². The molecule has 2 heterocycles. The molecule has 2 aromatic heterocycles. The van der Waals surface area contributed by atoms with Crippen LogP contribution >= 0.6 is 11.6 Å². The number of para-hydroxylation sites is 1. The van der Waals surface area contributed by atoms with Crippen LogP contribution in [0.1, 0.15) is 22.8 Å². The largest absolute Gasteiger partial charge is 0.322 e. The van der Waals surface area contributed by atoms with E-state index in [0.717, 1.165) is 28.6 Å². The molecule has 0 saturated heterocycles. The Kier molecular flexibility index (Phi) is 4.84. The summed E-state index contributed by atoms with van der Waals surface area (Å²) in [7, 11) is 0. The highest BCUT2D eigenvalue weighted by atomic mass is 35.5. The zero-order valence-corrected chi connectivity index (χ0v) is 16.4. The van der Waals surface area contributed by atoms with Crippen molar-refractivity contribution in [1.29, 1.82) is 0 Å². The molecule has 6 heteroatoms. The summed E-state index contributed by atoms with van der Waals surface area (Å²) < 4.78 is 1.83. The van der Waals surface area contributed by atoms with Crippen LogP contribution in [0.4, 0.5) is 5.69 Å². The fraction of sp³-hybridized carbons (Fsp3) is 0.136. The van der Waals surface area contributed by atoms with Gasteiger partial charge < -0.3 is 5.32 Å². The van der Waals surface area contributed by atoms with Crippen molar-refractivity contribution >= 4 is 34.1 Å². The smallest absolute Gasteiger partial charge is 0.256 e. The molecule has 4 aromatic rings. The average Bonchev–Trinajstić information content (AvgIpc) is 3.19. The van der Waals surface area contributed by atoms with Crippen LogP contribution in [-0.4, -0.2) is 20.7 Å². The maximum atomic E-state index is 13.1. The highest BCUT2D eigenvalue weighted by Gasteiger charge is 2.16. The molecule has 1 N–H and O–H groups in total. The van der Waals surface area contributed by atoms with Gasteiger partial charge in [0.05, 0.1) is 23.0 Å². The van der Waals surface area contributed by atoms with E-state index in [4.69, 9.17) is 16.6 Å². The normalized spacial score (nSPS) is 11.0. The van der Waals surface area contributed by atoms with Crippen LogP contribution in [0.3, 0.4) is 0 Å². The van der Waals surface area contributed by atoms with Gasteiger partial charge in [-0.1, -0.05) is 35.9 Å². The second kappa shape index (κ2) is 7.44. The molecule has 0 bridgehead atoms. The number of halogens is 1. The molecular weight excluding hydrogens is 372 g/mol. The number of hydrogen-bond donors (Lipinski definition) is 1. The van der Waals surface area contributed by atoms with Gasteiger partial charge in [0.1, 0.15) is 0 Å². The number of anilines is 1. The highest BCUT2D eigenvalue weighted by Crippen LogP contribution is 2.27. The minimum Gasteiger partial charge on any atom is -0.322 e. The van der Waals surface area contributed by atoms with Crippen LogP contribution in [-0.2, 0) is 6.54 Å². The van der Waals surface area contributed by atoms with Crippen molar-refractivity contribution in [2.45, 2.75) is 20.4 Å². The lowest BCUT2D eigenvalue weighted by Crippen LogP contribution is -2.14. The number of hydrogen-bond acceptors (Lipinski definition) is 3. The summed E-state index contributed by atoms with van der Waals surface area (Å²) in [5.41, 5.74) is 4.55. The molecule has 0 unspecified atom stereocenters. The molecule has 1 amide bonds. The first-order chi connectivity index (χ1) is 13.5. The van der Waals surface area contributed by atoms with Gasteiger partial charge in [0.2, 0.25) is 0 Å². The Morgan fingerprint density at radius 3 is 2.79 bits per heavy atom. The van der Waals surface area contributed by atoms with Gasteiger partial charge in [0, 0.05) is 34.4 Å². The molecule has 0 aliphatic rings. The maximum absolute atomic E-state index is 13.1. The van der Waals surface area contributed by atoms with Crippen molar-refractivity contribution in [3.05, 3.63) is 77.1 Å². The molecule has 0 saturated carbocycles. The zero-order valence-electron chi connectivity index (χ0n) is 15.6. The number of aromatic nitrogens is 3.